The summed E-state index contributed by atoms with van der Waals surface area (Å²) < 4.78 is 5.20. The summed E-state index contributed by atoms with van der Waals surface area (Å²) in [5.41, 5.74) is 1.71. The fourth-order valence-corrected chi connectivity index (χ4v) is 7.33. The number of aromatic nitrogens is 1. The number of H-pyrrole nitrogens is 1. The summed E-state index contributed by atoms with van der Waals surface area (Å²) in [6, 6.07) is 3.43. The van der Waals surface area contributed by atoms with Gasteiger partial charge in [-0.3, -0.25) is 24.0 Å². The molecule has 1 aliphatic rings. The first-order chi connectivity index (χ1) is 21.6. The maximum atomic E-state index is 14.0. The smallest absolute Gasteiger partial charge is 0.329 e. The molecule has 1 aromatic heterocycles. The lowest BCUT2D eigenvalue weighted by molar-refractivity contribution is -0.162. The van der Waals surface area contributed by atoms with E-state index in [2.05, 4.69) is 20.9 Å². The Hall–Kier alpha value is -3.72. The van der Waals surface area contributed by atoms with Gasteiger partial charge in [0.05, 0.1) is 0 Å². The number of aliphatic carboxylic acids is 1. The lowest BCUT2D eigenvalue weighted by Gasteiger charge is -2.30. The second-order valence-electron chi connectivity index (χ2n) is 12.2. The molecule has 0 aliphatic carbocycles. The normalized spacial score (nSPS) is 17.4. The summed E-state index contributed by atoms with van der Waals surface area (Å²) in [6.07, 6.45) is 1.48. The van der Waals surface area contributed by atoms with E-state index in [4.69, 9.17) is 9.84 Å². The third kappa shape index (κ3) is 10.4. The summed E-state index contributed by atoms with van der Waals surface area (Å²) in [6.45, 7) is 10.2. The van der Waals surface area contributed by atoms with Crippen LogP contribution in [0.5, 0.6) is 0 Å². The van der Waals surface area contributed by atoms with E-state index in [0.717, 1.165) is 16.5 Å². The molecule has 0 spiro atoms. The zero-order valence-electron chi connectivity index (χ0n) is 26.9. The molecule has 15 heteroatoms. The number of para-hydroxylation sites is 1. The highest BCUT2D eigenvalue weighted by Gasteiger charge is 2.40. The topological polar surface area (TPSA) is 187 Å². The fourth-order valence-electron chi connectivity index (χ4n) is 4.88. The van der Waals surface area contributed by atoms with Crippen LogP contribution in [0.2, 0.25) is 0 Å². The van der Waals surface area contributed by atoms with Gasteiger partial charge in [0, 0.05) is 47.5 Å². The van der Waals surface area contributed by atoms with Gasteiger partial charge in [-0.05, 0) is 38.3 Å². The van der Waals surface area contributed by atoms with Crippen LogP contribution in [0, 0.1) is 0 Å². The van der Waals surface area contributed by atoms with Crippen molar-refractivity contribution in [3.63, 3.8) is 0 Å². The van der Waals surface area contributed by atoms with Crippen molar-refractivity contribution < 1.29 is 38.6 Å². The molecule has 0 saturated carbocycles. The molecule has 46 heavy (non-hydrogen) atoms. The second-order valence-corrected chi connectivity index (χ2v) is 15.4. The minimum absolute atomic E-state index is 0.134. The molecule has 0 bridgehead atoms. The zero-order chi connectivity index (χ0) is 34.2. The van der Waals surface area contributed by atoms with Crippen molar-refractivity contribution in [2.24, 2.45) is 0 Å². The third-order valence-electron chi connectivity index (χ3n) is 7.15. The molecule has 4 unspecified atom stereocenters. The summed E-state index contributed by atoms with van der Waals surface area (Å²) in [4.78, 5) is 80.9. The number of nitrogens with zero attached hydrogens (tertiary/aromatic N) is 1. The molecule has 1 aliphatic heterocycles. The number of carbonyl (C=O) groups is 6. The molecule has 1 saturated heterocycles. The van der Waals surface area contributed by atoms with Crippen LogP contribution in [-0.2, 0) is 39.9 Å². The Balaban J connectivity index is 1.78. The molecule has 2 heterocycles. The number of likely N-dealkylation sites (tertiary alicyclic amines) is 1. The minimum Gasteiger partial charge on any atom is -0.480 e. The Bertz CT molecular complexity index is 1440. The van der Waals surface area contributed by atoms with E-state index >= 15 is 0 Å². The van der Waals surface area contributed by atoms with Crippen molar-refractivity contribution in [1.82, 2.24) is 25.8 Å². The number of nitrogens with one attached hydrogen (secondary N) is 4. The molecule has 2 aromatic rings. The number of benzene rings is 1. The number of aromatic amines is 1. The highest BCUT2D eigenvalue weighted by Crippen LogP contribution is 2.35. The maximum absolute atomic E-state index is 14.0. The van der Waals surface area contributed by atoms with Gasteiger partial charge in [-0.2, -0.15) is 0 Å². The van der Waals surface area contributed by atoms with Crippen LogP contribution in [0.15, 0.2) is 30.5 Å². The van der Waals surface area contributed by atoms with Crippen LogP contribution in [0.3, 0.4) is 0 Å². The summed E-state index contributed by atoms with van der Waals surface area (Å²) in [5, 5.41) is 17.7. The molecule has 4 amide bonds. The molecule has 5 N–H and O–H groups in total. The van der Waals surface area contributed by atoms with Crippen LogP contribution in [0.25, 0.3) is 10.9 Å². The molecule has 5 atom stereocenters. The number of carboxylic acid groups (broad SMARTS) is 1. The molecule has 13 nitrogen and oxygen atoms in total. The molecule has 1 aromatic carbocycles. The van der Waals surface area contributed by atoms with Crippen molar-refractivity contribution in [1.29, 1.82) is 0 Å². The highest BCUT2D eigenvalue weighted by atomic mass is 33.1. The molecule has 1 fully saturated rings. The zero-order valence-corrected chi connectivity index (χ0v) is 28.5. The van der Waals surface area contributed by atoms with Crippen LogP contribution in [0.1, 0.15) is 59.9 Å². The molecular weight excluding hydrogens is 635 g/mol. The molecule has 252 valence electrons. The van der Waals surface area contributed by atoms with E-state index in [1.165, 1.54) is 36.5 Å². The summed E-state index contributed by atoms with van der Waals surface area (Å²) in [5.74, 6) is -4.06. The molecule has 3 rings (SSSR count). The Morgan fingerprint density at radius 2 is 1.74 bits per heavy atom. The van der Waals surface area contributed by atoms with E-state index in [0.29, 0.717) is 12.8 Å². The monoisotopic (exact) mass is 677 g/mol. The van der Waals surface area contributed by atoms with Crippen molar-refractivity contribution in [2.75, 3.05) is 12.3 Å². The van der Waals surface area contributed by atoms with E-state index in [9.17, 15) is 28.8 Å². The van der Waals surface area contributed by atoms with E-state index < -0.39 is 65.8 Å². The first-order valence-electron chi connectivity index (χ1n) is 15.0. The largest absolute Gasteiger partial charge is 0.480 e. The third-order valence-corrected chi connectivity index (χ3v) is 10.5. The number of carboxylic acids is 1. The number of fused-ring (bicyclic) bond motifs is 1. The summed E-state index contributed by atoms with van der Waals surface area (Å²) >= 11 is 0. The van der Waals surface area contributed by atoms with Gasteiger partial charge in [0.25, 0.3) is 5.91 Å². The van der Waals surface area contributed by atoms with Crippen LogP contribution >= 0.6 is 21.6 Å². The lowest BCUT2D eigenvalue weighted by Crippen LogP contribution is -2.57. The van der Waals surface area contributed by atoms with Gasteiger partial charge in [-0.1, -0.05) is 60.6 Å². The SMILES string of the molecule is CC(=O)NC(Cc1c[nH]c2ccccc12)C(=O)NC(CSSC(C)(C)C)C(=O)N1CCC[C@H]1C(=O)OC(C)C(=O)NC(C)C(=O)O. The standard InChI is InChI=1S/C31H43N5O8S2/c1-17(29(41)42)33-26(38)18(2)44-30(43)25-12-9-13-36(25)28(40)24(16-45-46-31(4,5)6)35-27(39)23(34-19(3)37)14-20-15-32-22-11-8-7-10-21(20)22/h7-8,10-11,15,17-18,23-25,32H,9,12-14,16H2,1-6H3,(H,33,38)(H,34,37)(H,35,39)(H,41,42)/t17?,18?,23?,24?,25-/m0/s1. The fraction of sp³-hybridized carbons (Fsp3) is 0.548. The van der Waals surface area contributed by atoms with Crippen molar-refractivity contribution in [3.05, 3.63) is 36.0 Å². The van der Waals surface area contributed by atoms with Gasteiger partial charge in [-0.25, -0.2) is 4.79 Å². The summed E-state index contributed by atoms with van der Waals surface area (Å²) in [7, 11) is 2.95. The predicted octanol–water partition coefficient (Wildman–Crippen LogP) is 2.39. The minimum atomic E-state index is -1.29. The Labute approximate surface area is 276 Å². The van der Waals surface area contributed by atoms with Gasteiger partial charge in [-0.15, -0.1) is 0 Å². The second kappa shape index (κ2) is 16.2. The van der Waals surface area contributed by atoms with Gasteiger partial charge in [0.2, 0.25) is 17.7 Å². The number of amides is 4. The van der Waals surface area contributed by atoms with Crippen LogP contribution in [0.4, 0.5) is 0 Å². The average molecular weight is 678 g/mol. The van der Waals surface area contributed by atoms with Gasteiger partial charge in [0.1, 0.15) is 24.2 Å². The number of ether oxygens (including phenoxy) is 1. The number of carbonyl (C=O) groups excluding carboxylic acids is 5. The Kier molecular flexibility index (Phi) is 12.9. The van der Waals surface area contributed by atoms with E-state index in [-0.39, 0.29) is 23.5 Å². The van der Waals surface area contributed by atoms with Crippen molar-refractivity contribution in [2.45, 2.75) is 95.8 Å². The highest BCUT2D eigenvalue weighted by molar-refractivity contribution is 8.77. The van der Waals surface area contributed by atoms with Gasteiger partial charge >= 0.3 is 11.9 Å². The van der Waals surface area contributed by atoms with Crippen molar-refractivity contribution in [3.8, 4) is 0 Å². The quantitative estimate of drug-likeness (QED) is 0.147. The lowest BCUT2D eigenvalue weighted by atomic mass is 10.0. The number of esters is 1. The number of hydrogen-bond acceptors (Lipinski definition) is 9. The molecular formula is C31H43N5O8S2. The van der Waals surface area contributed by atoms with Crippen LogP contribution < -0.4 is 16.0 Å². The van der Waals surface area contributed by atoms with E-state index in [1.54, 1.807) is 17.0 Å². The first kappa shape index (κ1) is 36.7. The van der Waals surface area contributed by atoms with Crippen molar-refractivity contribution >= 4 is 68.1 Å². The van der Waals surface area contributed by atoms with Gasteiger partial charge in [0.15, 0.2) is 6.10 Å². The molecule has 0 radical (unpaired) electrons. The predicted molar refractivity (Wildman–Crippen MR) is 177 cm³/mol. The number of hydrogen-bond donors (Lipinski definition) is 5. The number of rotatable bonds is 14. The van der Waals surface area contributed by atoms with E-state index in [1.807, 2.05) is 45.0 Å². The maximum Gasteiger partial charge on any atom is 0.329 e. The first-order valence-corrected chi connectivity index (χ1v) is 17.4. The average Bonchev–Trinajstić information content (AvgIpc) is 3.62. The Morgan fingerprint density at radius 1 is 1.04 bits per heavy atom. The van der Waals surface area contributed by atoms with Crippen LogP contribution in [-0.4, -0.2) is 97.9 Å². The van der Waals surface area contributed by atoms with Gasteiger partial charge < -0.3 is 35.7 Å². The Morgan fingerprint density at radius 3 is 2.39 bits per heavy atom.